The molecule has 2 aliphatic rings. The molecule has 0 radical (unpaired) electrons. The average molecular weight is 292 g/mol. The predicted molar refractivity (Wildman–Crippen MR) is 74.7 cm³/mol. The van der Waals surface area contributed by atoms with Crippen molar-refractivity contribution >= 4 is 11.8 Å². The number of hydrogen-bond acceptors (Lipinski definition) is 5. The fourth-order valence-electron chi connectivity index (χ4n) is 2.83. The Morgan fingerprint density at radius 1 is 1.33 bits per heavy atom. The molecule has 8 heteroatoms. The zero-order valence-electron chi connectivity index (χ0n) is 12.1. The van der Waals surface area contributed by atoms with E-state index in [-0.39, 0.29) is 11.8 Å². The number of piperidine rings is 1. The summed E-state index contributed by atoms with van der Waals surface area (Å²) in [5.41, 5.74) is 0.315. The van der Waals surface area contributed by atoms with Crippen LogP contribution in [0.2, 0.25) is 0 Å². The van der Waals surface area contributed by atoms with E-state index in [9.17, 15) is 9.59 Å². The van der Waals surface area contributed by atoms with Crippen molar-refractivity contribution in [2.75, 3.05) is 26.2 Å². The van der Waals surface area contributed by atoms with Crippen LogP contribution >= 0.6 is 0 Å². The van der Waals surface area contributed by atoms with E-state index in [1.807, 2.05) is 0 Å². The van der Waals surface area contributed by atoms with E-state index >= 15 is 0 Å². The molecule has 0 spiro atoms. The van der Waals surface area contributed by atoms with E-state index in [1.165, 1.54) is 0 Å². The lowest BCUT2D eigenvalue weighted by molar-refractivity contribution is -0.127. The highest BCUT2D eigenvalue weighted by molar-refractivity contribution is 5.96. The standard InChI is InChI=1S/C13H20N6O2/c1-9-12(20)15-6-7-18(9)13(21)11-8-19(17-16-11)10-2-4-14-5-3-10/h8-10,14H,2-7H2,1H3,(H,15,20). The smallest absolute Gasteiger partial charge is 0.276 e. The Hall–Kier alpha value is -1.96. The summed E-state index contributed by atoms with van der Waals surface area (Å²) in [6.45, 7) is 4.63. The molecule has 0 bridgehead atoms. The van der Waals surface area contributed by atoms with Crippen LogP contribution in [0.3, 0.4) is 0 Å². The molecule has 2 fully saturated rings. The van der Waals surface area contributed by atoms with Crippen molar-refractivity contribution in [3.8, 4) is 0 Å². The van der Waals surface area contributed by atoms with Gasteiger partial charge >= 0.3 is 0 Å². The van der Waals surface area contributed by atoms with E-state index in [0.717, 1.165) is 25.9 Å². The maximum Gasteiger partial charge on any atom is 0.276 e. The minimum absolute atomic E-state index is 0.125. The number of amides is 2. The van der Waals surface area contributed by atoms with Crippen LogP contribution in [0.4, 0.5) is 0 Å². The Kier molecular flexibility index (Phi) is 3.87. The van der Waals surface area contributed by atoms with Gasteiger partial charge in [-0.3, -0.25) is 9.59 Å². The highest BCUT2D eigenvalue weighted by Crippen LogP contribution is 2.18. The predicted octanol–water partition coefficient (Wildman–Crippen LogP) is -0.837. The number of nitrogens with one attached hydrogen (secondary N) is 2. The molecule has 1 atom stereocenters. The quantitative estimate of drug-likeness (QED) is 0.742. The fourth-order valence-corrected chi connectivity index (χ4v) is 2.83. The Bertz CT molecular complexity index is 537. The van der Waals surface area contributed by atoms with Crippen LogP contribution in [0.25, 0.3) is 0 Å². The maximum absolute atomic E-state index is 12.5. The molecule has 1 unspecified atom stereocenters. The van der Waals surface area contributed by atoms with Gasteiger partial charge < -0.3 is 15.5 Å². The van der Waals surface area contributed by atoms with Crippen LogP contribution in [0.1, 0.15) is 36.3 Å². The molecule has 2 saturated heterocycles. The van der Waals surface area contributed by atoms with Gasteiger partial charge in [0.15, 0.2) is 5.69 Å². The summed E-state index contributed by atoms with van der Waals surface area (Å²) in [5, 5.41) is 14.1. The van der Waals surface area contributed by atoms with Gasteiger partial charge in [-0.05, 0) is 32.9 Å². The van der Waals surface area contributed by atoms with Crippen molar-refractivity contribution in [1.29, 1.82) is 0 Å². The SMILES string of the molecule is CC1C(=O)NCCN1C(=O)c1cn(C2CCNCC2)nn1. The lowest BCUT2D eigenvalue weighted by Crippen LogP contribution is -2.55. The van der Waals surface area contributed by atoms with Crippen molar-refractivity contribution < 1.29 is 9.59 Å². The topological polar surface area (TPSA) is 92.2 Å². The summed E-state index contributed by atoms with van der Waals surface area (Å²) in [4.78, 5) is 25.7. The van der Waals surface area contributed by atoms with Crippen molar-refractivity contribution in [3.63, 3.8) is 0 Å². The summed E-state index contributed by atoms with van der Waals surface area (Å²) < 4.78 is 1.78. The third kappa shape index (κ3) is 2.76. The summed E-state index contributed by atoms with van der Waals surface area (Å²) in [6.07, 6.45) is 3.68. The Balaban J connectivity index is 1.73. The van der Waals surface area contributed by atoms with Crippen LogP contribution in [-0.4, -0.2) is 63.9 Å². The van der Waals surface area contributed by atoms with Crippen molar-refractivity contribution in [2.24, 2.45) is 0 Å². The molecule has 0 aliphatic carbocycles. The Labute approximate surface area is 122 Å². The Morgan fingerprint density at radius 2 is 2.10 bits per heavy atom. The van der Waals surface area contributed by atoms with Crippen LogP contribution in [-0.2, 0) is 4.79 Å². The average Bonchev–Trinajstić information content (AvgIpc) is 3.00. The molecule has 0 aromatic carbocycles. The van der Waals surface area contributed by atoms with E-state index in [2.05, 4.69) is 20.9 Å². The van der Waals surface area contributed by atoms with Crippen molar-refractivity contribution in [1.82, 2.24) is 30.5 Å². The van der Waals surface area contributed by atoms with E-state index in [4.69, 9.17) is 0 Å². The second kappa shape index (κ2) is 5.80. The van der Waals surface area contributed by atoms with E-state index in [0.29, 0.717) is 24.8 Å². The van der Waals surface area contributed by atoms with Gasteiger partial charge in [0.1, 0.15) is 6.04 Å². The third-order valence-electron chi connectivity index (χ3n) is 4.17. The number of nitrogens with zero attached hydrogens (tertiary/aromatic N) is 4. The van der Waals surface area contributed by atoms with Crippen LogP contribution < -0.4 is 10.6 Å². The van der Waals surface area contributed by atoms with Crippen molar-refractivity contribution in [2.45, 2.75) is 31.8 Å². The van der Waals surface area contributed by atoms with Crippen LogP contribution in [0.5, 0.6) is 0 Å². The molecule has 2 N–H and O–H groups in total. The number of carbonyl (C=O) groups excluding carboxylic acids is 2. The highest BCUT2D eigenvalue weighted by Gasteiger charge is 2.31. The normalized spacial score (nSPS) is 24.0. The number of hydrogen-bond donors (Lipinski definition) is 2. The number of rotatable bonds is 2. The molecular weight excluding hydrogens is 272 g/mol. The zero-order chi connectivity index (χ0) is 14.8. The van der Waals surface area contributed by atoms with E-state index < -0.39 is 6.04 Å². The second-order valence-corrected chi connectivity index (χ2v) is 5.53. The molecule has 21 heavy (non-hydrogen) atoms. The lowest BCUT2D eigenvalue weighted by atomic mass is 10.1. The molecule has 114 valence electrons. The maximum atomic E-state index is 12.5. The van der Waals surface area contributed by atoms with Gasteiger partial charge in [0, 0.05) is 13.1 Å². The van der Waals surface area contributed by atoms with Gasteiger partial charge in [0.2, 0.25) is 5.91 Å². The van der Waals surface area contributed by atoms with Gasteiger partial charge in [-0.1, -0.05) is 5.21 Å². The fraction of sp³-hybridized carbons (Fsp3) is 0.692. The highest BCUT2D eigenvalue weighted by atomic mass is 16.2. The molecule has 0 saturated carbocycles. The summed E-state index contributed by atoms with van der Waals surface area (Å²) in [5.74, 6) is -0.349. The molecule has 8 nitrogen and oxygen atoms in total. The van der Waals surface area contributed by atoms with Crippen LogP contribution in [0, 0.1) is 0 Å². The Morgan fingerprint density at radius 3 is 2.86 bits per heavy atom. The molecule has 3 heterocycles. The monoisotopic (exact) mass is 292 g/mol. The molecule has 1 aromatic heterocycles. The molecule has 2 aliphatic heterocycles. The minimum Gasteiger partial charge on any atom is -0.353 e. The zero-order valence-corrected chi connectivity index (χ0v) is 12.1. The summed E-state index contributed by atoms with van der Waals surface area (Å²) >= 11 is 0. The summed E-state index contributed by atoms with van der Waals surface area (Å²) in [7, 11) is 0. The van der Waals surface area contributed by atoms with Gasteiger partial charge in [-0.25, -0.2) is 4.68 Å². The molecule has 2 amide bonds. The first kappa shape index (κ1) is 14.0. The van der Waals surface area contributed by atoms with Crippen molar-refractivity contribution in [3.05, 3.63) is 11.9 Å². The first-order valence-electron chi connectivity index (χ1n) is 7.38. The first-order valence-corrected chi connectivity index (χ1v) is 7.38. The largest absolute Gasteiger partial charge is 0.353 e. The van der Waals surface area contributed by atoms with Gasteiger partial charge in [0.25, 0.3) is 5.91 Å². The molecule has 1 aromatic rings. The number of carbonyl (C=O) groups is 2. The third-order valence-corrected chi connectivity index (χ3v) is 4.17. The molecule has 3 rings (SSSR count). The molecular formula is C13H20N6O2. The van der Waals surface area contributed by atoms with Gasteiger partial charge in [0.05, 0.1) is 12.2 Å². The van der Waals surface area contributed by atoms with Crippen LogP contribution in [0.15, 0.2) is 6.20 Å². The first-order chi connectivity index (χ1) is 10.2. The summed E-state index contributed by atoms with van der Waals surface area (Å²) in [6, 6.07) is -0.169. The number of piperazine rings is 1. The minimum atomic E-state index is -0.463. The second-order valence-electron chi connectivity index (χ2n) is 5.53. The lowest BCUT2D eigenvalue weighted by Gasteiger charge is -2.32. The van der Waals surface area contributed by atoms with Gasteiger partial charge in [-0.2, -0.15) is 0 Å². The number of aromatic nitrogens is 3. The van der Waals surface area contributed by atoms with E-state index in [1.54, 1.807) is 22.7 Å². The van der Waals surface area contributed by atoms with Gasteiger partial charge in [-0.15, -0.1) is 5.10 Å².